The first-order valence-electron chi connectivity index (χ1n) is 6.39. The van der Waals surface area contributed by atoms with Crippen LogP contribution >= 0.6 is 27.3 Å². The van der Waals surface area contributed by atoms with Crippen molar-refractivity contribution in [3.63, 3.8) is 0 Å². The predicted molar refractivity (Wildman–Crippen MR) is 78.7 cm³/mol. The summed E-state index contributed by atoms with van der Waals surface area (Å²) >= 11 is 5.34. The van der Waals surface area contributed by atoms with Crippen molar-refractivity contribution in [3.05, 3.63) is 20.8 Å². The van der Waals surface area contributed by atoms with Crippen LogP contribution in [0.2, 0.25) is 0 Å². The molecule has 96 valence electrons. The molecule has 0 spiro atoms. The van der Waals surface area contributed by atoms with Crippen molar-refractivity contribution in [2.45, 2.75) is 38.8 Å². The van der Waals surface area contributed by atoms with Gasteiger partial charge in [0.05, 0.1) is 3.79 Å². The fraction of sp³-hybridized carbons (Fsp3) is 0.692. The first-order valence-corrected chi connectivity index (χ1v) is 8.00. The molecule has 1 aliphatic heterocycles. The van der Waals surface area contributed by atoms with Gasteiger partial charge in [0, 0.05) is 23.5 Å². The van der Waals surface area contributed by atoms with Crippen LogP contribution in [-0.4, -0.2) is 30.6 Å². The van der Waals surface area contributed by atoms with Crippen LogP contribution in [0.15, 0.2) is 15.9 Å². The van der Waals surface area contributed by atoms with Crippen LogP contribution in [0.3, 0.4) is 0 Å². The first kappa shape index (κ1) is 13.5. The highest BCUT2D eigenvalue weighted by Crippen LogP contribution is 2.27. The van der Waals surface area contributed by atoms with Gasteiger partial charge in [0.25, 0.3) is 0 Å². The summed E-state index contributed by atoms with van der Waals surface area (Å²) in [6.45, 7) is 8.28. The molecule has 2 atom stereocenters. The Morgan fingerprint density at radius 3 is 2.65 bits per heavy atom. The molecule has 17 heavy (non-hydrogen) atoms. The van der Waals surface area contributed by atoms with Gasteiger partial charge in [-0.25, -0.2) is 0 Å². The third-order valence-corrected chi connectivity index (χ3v) is 5.09. The molecule has 0 aromatic carbocycles. The molecule has 1 aliphatic rings. The Bertz CT molecular complexity index is 347. The number of thiophene rings is 1. The lowest BCUT2D eigenvalue weighted by Crippen LogP contribution is -2.38. The van der Waals surface area contributed by atoms with E-state index in [-0.39, 0.29) is 0 Å². The number of halogens is 1. The lowest BCUT2D eigenvalue weighted by molar-refractivity contribution is 0.290. The first-order chi connectivity index (χ1) is 8.15. The number of rotatable bonds is 5. The zero-order chi connectivity index (χ0) is 12.3. The molecule has 4 heteroatoms. The molecule has 2 nitrogen and oxygen atoms in total. The van der Waals surface area contributed by atoms with Crippen molar-refractivity contribution in [2.75, 3.05) is 19.6 Å². The van der Waals surface area contributed by atoms with Gasteiger partial charge >= 0.3 is 0 Å². The minimum absolute atomic E-state index is 0.448. The van der Waals surface area contributed by atoms with Crippen molar-refractivity contribution in [2.24, 2.45) is 0 Å². The Morgan fingerprint density at radius 2 is 2.06 bits per heavy atom. The number of hydrogen-bond acceptors (Lipinski definition) is 3. The molecule has 1 fully saturated rings. The fourth-order valence-corrected chi connectivity index (χ4v) is 3.91. The summed E-state index contributed by atoms with van der Waals surface area (Å²) < 4.78 is 1.22. The number of nitrogens with one attached hydrogen (secondary N) is 1. The maximum absolute atomic E-state index is 3.68. The molecule has 1 saturated heterocycles. The van der Waals surface area contributed by atoms with E-state index in [9.17, 15) is 0 Å². The SMILES string of the molecule is CC(CN1CCCC1)NC(C)c1ccc(Br)s1. The molecule has 0 radical (unpaired) electrons. The predicted octanol–water partition coefficient (Wildman–Crippen LogP) is 3.65. The average Bonchev–Trinajstić information content (AvgIpc) is 2.89. The largest absolute Gasteiger partial charge is 0.306 e. The standard InChI is InChI=1S/C13H21BrN2S/c1-10(9-16-7-3-4-8-16)15-11(2)12-5-6-13(14)17-12/h5-6,10-11,15H,3-4,7-9H2,1-2H3. The zero-order valence-corrected chi connectivity index (χ0v) is 13.0. The third-order valence-electron chi connectivity index (χ3n) is 3.29. The third kappa shape index (κ3) is 4.05. The van der Waals surface area contributed by atoms with Gasteiger partial charge < -0.3 is 10.2 Å². The summed E-state index contributed by atoms with van der Waals surface area (Å²) in [5, 5.41) is 3.68. The molecule has 1 N–H and O–H groups in total. The lowest BCUT2D eigenvalue weighted by atomic mass is 10.2. The zero-order valence-electron chi connectivity index (χ0n) is 10.6. The van der Waals surface area contributed by atoms with Crippen LogP contribution < -0.4 is 5.32 Å². The van der Waals surface area contributed by atoms with E-state index in [0.29, 0.717) is 12.1 Å². The number of hydrogen-bond donors (Lipinski definition) is 1. The van der Waals surface area contributed by atoms with E-state index in [4.69, 9.17) is 0 Å². The normalized spacial score (nSPS) is 20.6. The van der Waals surface area contributed by atoms with Crippen molar-refractivity contribution < 1.29 is 0 Å². The lowest BCUT2D eigenvalue weighted by Gasteiger charge is -2.24. The van der Waals surface area contributed by atoms with Gasteiger partial charge in [-0.15, -0.1) is 11.3 Å². The van der Waals surface area contributed by atoms with Crippen LogP contribution in [0, 0.1) is 0 Å². The second kappa shape index (κ2) is 6.32. The summed E-state index contributed by atoms with van der Waals surface area (Å²) in [4.78, 5) is 3.97. The van der Waals surface area contributed by atoms with Crippen LogP contribution in [0.25, 0.3) is 0 Å². The second-order valence-corrected chi connectivity index (χ2v) is 7.43. The summed E-state index contributed by atoms with van der Waals surface area (Å²) in [6, 6.07) is 5.34. The van der Waals surface area contributed by atoms with E-state index in [1.807, 2.05) is 11.3 Å². The van der Waals surface area contributed by atoms with E-state index < -0.39 is 0 Å². The van der Waals surface area contributed by atoms with Gasteiger partial charge in [0.1, 0.15) is 0 Å². The topological polar surface area (TPSA) is 15.3 Å². The molecule has 0 aliphatic carbocycles. The summed E-state index contributed by atoms with van der Waals surface area (Å²) in [5.74, 6) is 0. The van der Waals surface area contributed by atoms with Crippen molar-refractivity contribution in [3.8, 4) is 0 Å². The van der Waals surface area contributed by atoms with E-state index in [0.717, 1.165) is 0 Å². The van der Waals surface area contributed by atoms with Crippen LogP contribution in [0.5, 0.6) is 0 Å². The Labute approximate surface area is 117 Å². The Morgan fingerprint density at radius 1 is 1.35 bits per heavy atom. The fourth-order valence-electron chi connectivity index (χ4n) is 2.48. The Balaban J connectivity index is 1.79. The molecular weight excluding hydrogens is 296 g/mol. The monoisotopic (exact) mass is 316 g/mol. The highest BCUT2D eigenvalue weighted by Gasteiger charge is 2.16. The maximum Gasteiger partial charge on any atom is 0.0701 e. The molecule has 2 rings (SSSR count). The summed E-state index contributed by atoms with van der Waals surface area (Å²) in [6.07, 6.45) is 2.75. The van der Waals surface area contributed by atoms with Crippen LogP contribution in [0.1, 0.15) is 37.6 Å². The minimum atomic E-state index is 0.448. The molecule has 1 aromatic rings. The molecule has 0 saturated carbocycles. The Kier molecular flexibility index (Phi) is 5.03. The molecule has 0 amide bonds. The van der Waals surface area contributed by atoms with Crippen molar-refractivity contribution in [1.82, 2.24) is 10.2 Å². The van der Waals surface area contributed by atoms with Crippen LogP contribution in [-0.2, 0) is 0 Å². The van der Waals surface area contributed by atoms with Gasteiger partial charge in [-0.1, -0.05) is 0 Å². The molecule has 0 bridgehead atoms. The van der Waals surface area contributed by atoms with Gasteiger partial charge in [-0.05, 0) is 67.8 Å². The van der Waals surface area contributed by atoms with Crippen molar-refractivity contribution in [1.29, 1.82) is 0 Å². The van der Waals surface area contributed by atoms with E-state index >= 15 is 0 Å². The number of nitrogens with zero attached hydrogens (tertiary/aromatic N) is 1. The molecule has 2 heterocycles. The highest BCUT2D eigenvalue weighted by molar-refractivity contribution is 9.11. The average molecular weight is 317 g/mol. The molecule has 2 unspecified atom stereocenters. The van der Waals surface area contributed by atoms with E-state index in [2.05, 4.69) is 52.1 Å². The highest BCUT2D eigenvalue weighted by atomic mass is 79.9. The summed E-state index contributed by atoms with van der Waals surface area (Å²) in [5.41, 5.74) is 0. The van der Waals surface area contributed by atoms with E-state index in [1.54, 1.807) is 0 Å². The Hall–Kier alpha value is 0.1000. The number of likely N-dealkylation sites (tertiary alicyclic amines) is 1. The molecular formula is C13H21BrN2S. The van der Waals surface area contributed by atoms with Crippen molar-refractivity contribution >= 4 is 27.3 Å². The quantitative estimate of drug-likeness (QED) is 0.892. The van der Waals surface area contributed by atoms with Gasteiger partial charge in [-0.3, -0.25) is 0 Å². The van der Waals surface area contributed by atoms with E-state index in [1.165, 1.54) is 41.1 Å². The molecule has 1 aromatic heterocycles. The minimum Gasteiger partial charge on any atom is -0.306 e. The van der Waals surface area contributed by atoms with Gasteiger partial charge in [0.2, 0.25) is 0 Å². The smallest absolute Gasteiger partial charge is 0.0701 e. The maximum atomic E-state index is 3.68. The van der Waals surface area contributed by atoms with Gasteiger partial charge in [-0.2, -0.15) is 0 Å². The van der Waals surface area contributed by atoms with Gasteiger partial charge in [0.15, 0.2) is 0 Å². The van der Waals surface area contributed by atoms with Crippen LogP contribution in [0.4, 0.5) is 0 Å². The summed E-state index contributed by atoms with van der Waals surface area (Å²) in [7, 11) is 0. The second-order valence-electron chi connectivity index (χ2n) is 4.94.